The van der Waals surface area contributed by atoms with Crippen LogP contribution in [0.2, 0.25) is 0 Å². The van der Waals surface area contributed by atoms with Crippen molar-refractivity contribution in [1.82, 2.24) is 20.9 Å². The maximum absolute atomic E-state index is 12.1. The van der Waals surface area contributed by atoms with E-state index < -0.39 is 0 Å². The number of amides is 3. The van der Waals surface area contributed by atoms with Crippen molar-refractivity contribution in [2.75, 3.05) is 13.1 Å². The van der Waals surface area contributed by atoms with Gasteiger partial charge in [-0.15, -0.1) is 0 Å². The van der Waals surface area contributed by atoms with Crippen LogP contribution in [0.25, 0.3) is 0 Å². The Balaban J connectivity index is 1.77. The van der Waals surface area contributed by atoms with E-state index in [-0.39, 0.29) is 18.0 Å². The minimum atomic E-state index is -0.243. The van der Waals surface area contributed by atoms with Crippen molar-refractivity contribution in [3.8, 4) is 0 Å². The van der Waals surface area contributed by atoms with Crippen LogP contribution >= 0.6 is 0 Å². The third kappa shape index (κ3) is 5.58. The lowest BCUT2D eigenvalue weighted by Crippen LogP contribution is -2.41. The highest BCUT2D eigenvalue weighted by molar-refractivity contribution is 5.93. The van der Waals surface area contributed by atoms with Gasteiger partial charge >= 0.3 is 6.03 Å². The molecule has 2 rings (SSSR count). The smallest absolute Gasteiger partial charge is 0.315 e. The molecule has 3 N–H and O–H groups in total. The molecular weight excluding hydrogens is 328 g/mol. The van der Waals surface area contributed by atoms with Gasteiger partial charge in [-0.3, -0.25) is 9.78 Å². The molecule has 3 amide bonds. The van der Waals surface area contributed by atoms with E-state index in [1.807, 2.05) is 6.92 Å². The minimum absolute atomic E-state index is 0.0411. The van der Waals surface area contributed by atoms with Crippen LogP contribution in [0.4, 0.5) is 4.79 Å². The van der Waals surface area contributed by atoms with Crippen LogP contribution in [0.5, 0.6) is 0 Å². The molecule has 0 aliphatic rings. The molecule has 0 spiro atoms. The molecule has 0 aliphatic carbocycles. The molecule has 1 atom stereocenters. The number of urea groups is 1. The van der Waals surface area contributed by atoms with Crippen LogP contribution in [-0.2, 0) is 0 Å². The molecule has 0 radical (unpaired) electrons. The maximum atomic E-state index is 12.1. The van der Waals surface area contributed by atoms with Gasteiger partial charge in [0.05, 0.1) is 11.6 Å². The topological polar surface area (TPSA) is 83.1 Å². The van der Waals surface area contributed by atoms with Crippen LogP contribution in [0, 0.1) is 13.8 Å². The molecule has 1 unspecified atom stereocenters. The quantitative estimate of drug-likeness (QED) is 0.669. The number of hydrogen-bond acceptors (Lipinski definition) is 3. The summed E-state index contributed by atoms with van der Waals surface area (Å²) >= 11 is 0. The maximum Gasteiger partial charge on any atom is 0.315 e. The highest BCUT2D eigenvalue weighted by Gasteiger charge is 2.14. The summed E-state index contributed by atoms with van der Waals surface area (Å²) in [4.78, 5) is 27.9. The first kappa shape index (κ1) is 19.4. The van der Waals surface area contributed by atoms with Gasteiger partial charge in [0.15, 0.2) is 0 Å². The van der Waals surface area contributed by atoms with Crippen LogP contribution in [-0.4, -0.2) is 30.0 Å². The van der Waals surface area contributed by atoms with E-state index in [1.54, 1.807) is 18.3 Å². The van der Waals surface area contributed by atoms with Crippen LogP contribution in [0.3, 0.4) is 0 Å². The molecule has 1 aromatic heterocycles. The number of benzene rings is 1. The van der Waals surface area contributed by atoms with E-state index in [2.05, 4.69) is 53.0 Å². The Labute approximate surface area is 154 Å². The summed E-state index contributed by atoms with van der Waals surface area (Å²) in [7, 11) is 0. The summed E-state index contributed by atoms with van der Waals surface area (Å²) in [6.45, 7) is 6.84. The lowest BCUT2D eigenvalue weighted by molar-refractivity contribution is 0.0953. The molecule has 0 fully saturated rings. The fourth-order valence-corrected chi connectivity index (χ4v) is 2.78. The molecule has 2 aromatic rings. The number of carbonyl (C=O) groups excluding carboxylic acids is 2. The van der Waals surface area contributed by atoms with Gasteiger partial charge in [-0.2, -0.15) is 0 Å². The van der Waals surface area contributed by atoms with Crippen molar-refractivity contribution in [3.63, 3.8) is 0 Å². The predicted octanol–water partition coefficient (Wildman–Crippen LogP) is 2.88. The van der Waals surface area contributed by atoms with Crippen molar-refractivity contribution in [3.05, 3.63) is 65.0 Å². The molecule has 26 heavy (non-hydrogen) atoms. The van der Waals surface area contributed by atoms with Gasteiger partial charge in [0.1, 0.15) is 0 Å². The molecule has 138 valence electrons. The van der Waals surface area contributed by atoms with Crippen molar-refractivity contribution < 1.29 is 9.59 Å². The van der Waals surface area contributed by atoms with Gasteiger partial charge in [-0.05, 0) is 43.5 Å². The average molecular weight is 354 g/mol. The van der Waals surface area contributed by atoms with E-state index >= 15 is 0 Å². The summed E-state index contributed by atoms with van der Waals surface area (Å²) < 4.78 is 0. The summed E-state index contributed by atoms with van der Waals surface area (Å²) in [5, 5.41) is 8.51. The van der Waals surface area contributed by atoms with Gasteiger partial charge in [-0.1, -0.05) is 30.7 Å². The van der Waals surface area contributed by atoms with Gasteiger partial charge in [0.25, 0.3) is 5.91 Å². The van der Waals surface area contributed by atoms with Crippen molar-refractivity contribution in [1.29, 1.82) is 0 Å². The van der Waals surface area contributed by atoms with Crippen molar-refractivity contribution in [2.24, 2.45) is 0 Å². The molecule has 6 nitrogen and oxygen atoms in total. The molecule has 0 bridgehead atoms. The van der Waals surface area contributed by atoms with Gasteiger partial charge in [-0.25, -0.2) is 4.79 Å². The van der Waals surface area contributed by atoms with E-state index in [0.717, 1.165) is 12.0 Å². The lowest BCUT2D eigenvalue weighted by atomic mass is 9.98. The Morgan fingerprint density at radius 3 is 2.54 bits per heavy atom. The number of carbonyl (C=O) groups is 2. The highest BCUT2D eigenvalue weighted by Crippen LogP contribution is 2.21. The molecular formula is C20H26N4O2. The minimum Gasteiger partial charge on any atom is -0.350 e. The van der Waals surface area contributed by atoms with Crippen LogP contribution in [0.1, 0.15) is 46.4 Å². The number of aryl methyl sites for hydroxylation is 2. The van der Waals surface area contributed by atoms with E-state index in [4.69, 9.17) is 0 Å². The average Bonchev–Trinajstić information content (AvgIpc) is 2.64. The second-order valence-electron chi connectivity index (χ2n) is 6.22. The Morgan fingerprint density at radius 1 is 1.12 bits per heavy atom. The second kappa shape index (κ2) is 9.56. The molecule has 1 aromatic carbocycles. The van der Waals surface area contributed by atoms with E-state index in [1.165, 1.54) is 17.3 Å². The zero-order valence-electron chi connectivity index (χ0n) is 15.5. The normalized spacial score (nSPS) is 11.5. The number of rotatable bonds is 7. The first-order valence-corrected chi connectivity index (χ1v) is 8.81. The number of nitrogens with one attached hydrogen (secondary N) is 3. The molecule has 0 saturated heterocycles. The third-order valence-electron chi connectivity index (χ3n) is 4.13. The van der Waals surface area contributed by atoms with E-state index in [9.17, 15) is 9.59 Å². The number of nitrogens with zero attached hydrogens (tertiary/aromatic N) is 1. The largest absolute Gasteiger partial charge is 0.350 e. The first-order valence-electron chi connectivity index (χ1n) is 8.81. The number of hydrogen-bond donors (Lipinski definition) is 3. The zero-order valence-corrected chi connectivity index (χ0v) is 15.5. The summed E-state index contributed by atoms with van der Waals surface area (Å²) in [6, 6.07) is 9.35. The van der Waals surface area contributed by atoms with Gasteiger partial charge < -0.3 is 16.0 Å². The second-order valence-corrected chi connectivity index (χ2v) is 6.22. The van der Waals surface area contributed by atoms with Gasteiger partial charge in [0.2, 0.25) is 0 Å². The number of aromatic nitrogens is 1. The van der Waals surface area contributed by atoms with Crippen LogP contribution < -0.4 is 16.0 Å². The van der Waals surface area contributed by atoms with Crippen molar-refractivity contribution >= 4 is 11.9 Å². The van der Waals surface area contributed by atoms with Crippen molar-refractivity contribution in [2.45, 2.75) is 33.2 Å². The summed E-state index contributed by atoms with van der Waals surface area (Å²) in [5.74, 6) is -0.206. The summed E-state index contributed by atoms with van der Waals surface area (Å²) in [6.07, 6.45) is 3.92. The molecule has 6 heteroatoms. The first-order chi connectivity index (χ1) is 12.5. The SMILES string of the molecule is CCC(NC(=O)NCCNC(=O)c1cccnc1)c1ccc(C)cc1C. The monoisotopic (exact) mass is 354 g/mol. The third-order valence-corrected chi connectivity index (χ3v) is 4.13. The van der Waals surface area contributed by atoms with Gasteiger partial charge in [0, 0.05) is 25.5 Å². The van der Waals surface area contributed by atoms with Crippen LogP contribution in [0.15, 0.2) is 42.7 Å². The Hall–Kier alpha value is -2.89. The summed E-state index contributed by atoms with van der Waals surface area (Å²) in [5.41, 5.74) is 3.99. The Kier molecular flexibility index (Phi) is 7.14. The Bertz CT molecular complexity index is 747. The fourth-order valence-electron chi connectivity index (χ4n) is 2.78. The predicted molar refractivity (Wildman–Crippen MR) is 102 cm³/mol. The zero-order chi connectivity index (χ0) is 18.9. The highest BCUT2D eigenvalue weighted by atomic mass is 16.2. The molecule has 1 heterocycles. The number of pyridine rings is 1. The lowest BCUT2D eigenvalue weighted by Gasteiger charge is -2.20. The molecule has 0 saturated carbocycles. The standard InChI is InChI=1S/C20H26N4O2/c1-4-18(17-8-7-14(2)12-15(17)3)24-20(26)23-11-10-22-19(25)16-6-5-9-21-13-16/h5-9,12-13,18H,4,10-11H2,1-3H3,(H,22,25)(H2,23,24,26). The molecule has 0 aliphatic heterocycles. The fraction of sp³-hybridized carbons (Fsp3) is 0.350. The van der Waals surface area contributed by atoms with E-state index in [0.29, 0.717) is 18.7 Å². The Morgan fingerprint density at radius 2 is 1.88 bits per heavy atom.